The molecule has 0 saturated heterocycles. The van der Waals surface area contributed by atoms with E-state index in [2.05, 4.69) is 5.32 Å². The molecule has 27 heavy (non-hydrogen) atoms. The molecule has 1 atom stereocenters. The summed E-state index contributed by atoms with van der Waals surface area (Å²) in [5.41, 5.74) is 1.22. The van der Waals surface area contributed by atoms with Gasteiger partial charge in [0.2, 0.25) is 0 Å². The third-order valence-electron chi connectivity index (χ3n) is 3.56. The lowest BCUT2D eigenvalue weighted by Crippen LogP contribution is -2.30. The van der Waals surface area contributed by atoms with Gasteiger partial charge in [-0.2, -0.15) is 0 Å². The normalized spacial score (nSPS) is 11.8. The highest BCUT2D eigenvalue weighted by Gasteiger charge is 2.11. The van der Waals surface area contributed by atoms with E-state index in [4.69, 9.17) is 16.3 Å². The summed E-state index contributed by atoms with van der Waals surface area (Å²) in [5, 5.41) is 14.0. The van der Waals surface area contributed by atoms with Crippen LogP contribution >= 0.6 is 11.6 Å². The summed E-state index contributed by atoms with van der Waals surface area (Å²) in [6.45, 7) is 1.34. The van der Waals surface area contributed by atoms with Gasteiger partial charge in [-0.1, -0.05) is 35.9 Å². The molecule has 0 saturated carbocycles. The van der Waals surface area contributed by atoms with Crippen LogP contribution < -0.4 is 5.32 Å². The number of rotatable bonds is 7. The van der Waals surface area contributed by atoms with Gasteiger partial charge in [-0.3, -0.25) is 14.9 Å². The average molecular weight is 389 g/mol. The highest BCUT2D eigenvalue weighted by Crippen LogP contribution is 2.17. The lowest BCUT2D eigenvalue weighted by Gasteiger charge is -2.14. The topological polar surface area (TPSA) is 98.5 Å². The predicted molar refractivity (Wildman–Crippen MR) is 101 cm³/mol. The molecule has 2 rings (SSSR count). The van der Waals surface area contributed by atoms with Crippen molar-refractivity contribution in [2.45, 2.75) is 13.0 Å². The molecule has 0 bridgehead atoms. The SMILES string of the molecule is C[C@@H](NC(=O)COC(=O)/C=C/c1cccc([N+](=O)[O-])c1)c1cccc(Cl)c1. The molecule has 2 aromatic carbocycles. The van der Waals surface area contributed by atoms with Crippen molar-refractivity contribution in [2.24, 2.45) is 0 Å². The number of carbonyl (C=O) groups excluding carboxylic acids is 2. The van der Waals surface area contributed by atoms with Crippen LogP contribution in [0.1, 0.15) is 24.1 Å². The summed E-state index contributed by atoms with van der Waals surface area (Å²) in [4.78, 5) is 33.8. The summed E-state index contributed by atoms with van der Waals surface area (Å²) < 4.78 is 4.87. The number of nitrogens with one attached hydrogen (secondary N) is 1. The number of non-ortho nitro benzene ring substituents is 1. The molecule has 1 N–H and O–H groups in total. The number of nitrogens with zero attached hydrogens (tertiary/aromatic N) is 1. The number of hydrogen-bond acceptors (Lipinski definition) is 5. The largest absolute Gasteiger partial charge is 0.452 e. The lowest BCUT2D eigenvalue weighted by atomic mass is 10.1. The Morgan fingerprint density at radius 3 is 2.70 bits per heavy atom. The van der Waals surface area contributed by atoms with E-state index in [1.54, 1.807) is 31.2 Å². The predicted octanol–water partition coefficient (Wildman–Crippen LogP) is 3.68. The molecule has 0 unspecified atom stereocenters. The Balaban J connectivity index is 1.83. The molecule has 7 nitrogen and oxygen atoms in total. The number of nitro benzene ring substituents is 1. The Bertz CT molecular complexity index is 882. The molecule has 0 heterocycles. The Kier molecular flexibility index (Phi) is 7.08. The number of amides is 1. The maximum absolute atomic E-state index is 11.9. The van der Waals surface area contributed by atoms with Gasteiger partial charge in [0, 0.05) is 23.2 Å². The maximum atomic E-state index is 11.9. The Labute approximate surface area is 160 Å². The fourth-order valence-electron chi connectivity index (χ4n) is 2.23. The van der Waals surface area contributed by atoms with Crippen molar-refractivity contribution in [2.75, 3.05) is 6.61 Å². The van der Waals surface area contributed by atoms with E-state index in [1.165, 1.54) is 24.3 Å². The minimum absolute atomic E-state index is 0.0834. The fourth-order valence-corrected chi connectivity index (χ4v) is 2.43. The van der Waals surface area contributed by atoms with Crippen LogP contribution in [0, 0.1) is 10.1 Å². The van der Waals surface area contributed by atoms with Crippen LogP contribution in [0.5, 0.6) is 0 Å². The van der Waals surface area contributed by atoms with Crippen molar-refractivity contribution in [3.05, 3.63) is 80.9 Å². The first-order valence-corrected chi connectivity index (χ1v) is 8.37. The van der Waals surface area contributed by atoms with E-state index in [0.717, 1.165) is 11.6 Å². The standard InChI is InChI=1S/C19H17ClN2O5/c1-13(15-5-3-6-16(20)11-15)21-18(23)12-27-19(24)9-8-14-4-2-7-17(10-14)22(25)26/h2-11,13H,12H2,1H3,(H,21,23)/b9-8+/t13-/m1/s1. The molecule has 0 fully saturated rings. The molecular weight excluding hydrogens is 372 g/mol. The van der Waals surface area contributed by atoms with Crippen molar-refractivity contribution < 1.29 is 19.2 Å². The van der Waals surface area contributed by atoms with Gasteiger partial charge in [0.05, 0.1) is 11.0 Å². The van der Waals surface area contributed by atoms with Crippen LogP contribution in [0.25, 0.3) is 6.08 Å². The van der Waals surface area contributed by atoms with E-state index in [1.807, 2.05) is 6.07 Å². The second-order valence-corrected chi connectivity index (χ2v) is 6.07. The van der Waals surface area contributed by atoms with E-state index in [9.17, 15) is 19.7 Å². The van der Waals surface area contributed by atoms with Crippen molar-refractivity contribution in [3.8, 4) is 0 Å². The third-order valence-corrected chi connectivity index (χ3v) is 3.80. The molecule has 0 radical (unpaired) electrons. The quantitative estimate of drug-likeness (QED) is 0.337. The van der Waals surface area contributed by atoms with Crippen LogP contribution in [0.3, 0.4) is 0 Å². The lowest BCUT2D eigenvalue weighted by molar-refractivity contribution is -0.384. The summed E-state index contributed by atoms with van der Waals surface area (Å²) in [7, 11) is 0. The molecule has 0 aliphatic heterocycles. The zero-order valence-corrected chi connectivity index (χ0v) is 15.2. The molecular formula is C19H17ClN2O5. The van der Waals surface area contributed by atoms with Gasteiger partial charge in [-0.15, -0.1) is 0 Å². The molecule has 0 spiro atoms. The number of hydrogen-bond donors (Lipinski definition) is 1. The van der Waals surface area contributed by atoms with Crippen molar-refractivity contribution in [3.63, 3.8) is 0 Å². The number of esters is 1. The van der Waals surface area contributed by atoms with E-state index in [0.29, 0.717) is 10.6 Å². The van der Waals surface area contributed by atoms with Crippen LogP contribution in [0.15, 0.2) is 54.6 Å². The molecule has 0 aliphatic carbocycles. The molecule has 0 aromatic heterocycles. The van der Waals surface area contributed by atoms with Gasteiger partial charge < -0.3 is 10.1 Å². The molecule has 2 aromatic rings. The van der Waals surface area contributed by atoms with E-state index in [-0.39, 0.29) is 11.7 Å². The van der Waals surface area contributed by atoms with Crippen molar-refractivity contribution in [1.82, 2.24) is 5.32 Å². The summed E-state index contributed by atoms with van der Waals surface area (Å²) in [5.74, 6) is -1.19. The second-order valence-electron chi connectivity index (χ2n) is 5.64. The van der Waals surface area contributed by atoms with Gasteiger partial charge in [-0.25, -0.2) is 4.79 Å². The zero-order chi connectivity index (χ0) is 19.8. The first-order valence-electron chi connectivity index (χ1n) is 7.99. The number of carbonyl (C=O) groups is 2. The summed E-state index contributed by atoms with van der Waals surface area (Å²) in [6, 6.07) is 12.6. The highest BCUT2D eigenvalue weighted by atomic mass is 35.5. The zero-order valence-electron chi connectivity index (χ0n) is 14.4. The number of ether oxygens (including phenoxy) is 1. The smallest absolute Gasteiger partial charge is 0.331 e. The molecule has 0 aliphatic rings. The minimum atomic E-state index is -0.730. The number of benzene rings is 2. The van der Waals surface area contributed by atoms with Crippen LogP contribution in [-0.2, 0) is 14.3 Å². The van der Waals surface area contributed by atoms with Gasteiger partial charge in [0.15, 0.2) is 6.61 Å². The molecule has 1 amide bonds. The van der Waals surface area contributed by atoms with Gasteiger partial charge in [0.25, 0.3) is 11.6 Å². The Hall–Kier alpha value is -3.19. The summed E-state index contributed by atoms with van der Waals surface area (Å²) >= 11 is 5.91. The van der Waals surface area contributed by atoms with Gasteiger partial charge in [-0.05, 0) is 36.3 Å². The van der Waals surface area contributed by atoms with Crippen molar-refractivity contribution >= 4 is 35.2 Å². The average Bonchev–Trinajstić information content (AvgIpc) is 2.65. The molecule has 8 heteroatoms. The first kappa shape index (κ1) is 20.1. The Morgan fingerprint density at radius 2 is 2.00 bits per heavy atom. The van der Waals surface area contributed by atoms with E-state index >= 15 is 0 Å². The van der Waals surface area contributed by atoms with Crippen molar-refractivity contribution in [1.29, 1.82) is 0 Å². The monoisotopic (exact) mass is 388 g/mol. The van der Waals surface area contributed by atoms with Crippen LogP contribution in [0.4, 0.5) is 5.69 Å². The Morgan fingerprint density at radius 1 is 1.26 bits per heavy atom. The highest BCUT2D eigenvalue weighted by molar-refractivity contribution is 6.30. The van der Waals surface area contributed by atoms with E-state index < -0.39 is 23.4 Å². The summed E-state index contributed by atoms with van der Waals surface area (Å²) in [6.07, 6.45) is 2.48. The maximum Gasteiger partial charge on any atom is 0.331 e. The van der Waals surface area contributed by atoms with Gasteiger partial charge >= 0.3 is 5.97 Å². The number of nitro groups is 1. The van der Waals surface area contributed by atoms with Crippen LogP contribution in [-0.4, -0.2) is 23.4 Å². The second kappa shape index (κ2) is 9.49. The first-order chi connectivity index (χ1) is 12.8. The number of halogens is 1. The fraction of sp³-hybridized carbons (Fsp3) is 0.158. The molecule has 140 valence electrons. The van der Waals surface area contributed by atoms with Crippen LogP contribution in [0.2, 0.25) is 5.02 Å². The third kappa shape index (κ3) is 6.56. The minimum Gasteiger partial charge on any atom is -0.452 e. The van der Waals surface area contributed by atoms with Gasteiger partial charge in [0.1, 0.15) is 0 Å².